The Morgan fingerprint density at radius 3 is 2.93 bits per heavy atom. The van der Waals surface area contributed by atoms with Crippen molar-refractivity contribution in [2.24, 2.45) is 0 Å². The Morgan fingerprint density at radius 2 is 2.36 bits per heavy atom. The Labute approximate surface area is 81.7 Å². The Morgan fingerprint density at radius 1 is 1.57 bits per heavy atom. The van der Waals surface area contributed by atoms with Crippen LogP contribution >= 0.6 is 0 Å². The van der Waals surface area contributed by atoms with Crippen molar-refractivity contribution in [3.8, 4) is 0 Å². The lowest BCUT2D eigenvalue weighted by atomic mass is 10.5. The highest BCUT2D eigenvalue weighted by atomic mass is 16.6. The highest BCUT2D eigenvalue weighted by Crippen LogP contribution is 2.03. The van der Waals surface area contributed by atoms with Gasteiger partial charge in [0.2, 0.25) is 0 Å². The second-order valence-electron chi connectivity index (χ2n) is 2.71. The van der Waals surface area contributed by atoms with E-state index in [1.54, 1.807) is 7.11 Å². The number of methoxy groups -OCH3 is 1. The van der Waals surface area contributed by atoms with E-state index >= 15 is 0 Å². The molecule has 1 heterocycles. The fourth-order valence-electron chi connectivity index (χ4n) is 1.000. The first-order chi connectivity index (χ1) is 6.75. The molecule has 0 atom stereocenters. The van der Waals surface area contributed by atoms with Gasteiger partial charge in [-0.2, -0.15) is 0 Å². The van der Waals surface area contributed by atoms with Crippen molar-refractivity contribution in [1.82, 2.24) is 4.90 Å². The molecule has 0 aromatic carbocycles. The third-order valence-corrected chi connectivity index (χ3v) is 1.72. The van der Waals surface area contributed by atoms with E-state index in [1.165, 1.54) is 0 Å². The van der Waals surface area contributed by atoms with Crippen molar-refractivity contribution >= 4 is 12.0 Å². The zero-order valence-electron chi connectivity index (χ0n) is 8.02. The summed E-state index contributed by atoms with van der Waals surface area (Å²) in [4.78, 5) is 23.2. The Kier molecular flexibility index (Phi) is 4.34. The van der Waals surface area contributed by atoms with Crippen molar-refractivity contribution in [1.29, 1.82) is 0 Å². The molecular weight excluding hydrogens is 190 g/mol. The molecular formula is C8H13NO5. The van der Waals surface area contributed by atoms with Gasteiger partial charge in [0.15, 0.2) is 0 Å². The van der Waals surface area contributed by atoms with Crippen LogP contribution in [-0.2, 0) is 19.0 Å². The number of hydrogen-bond donors (Lipinski definition) is 0. The Hall–Kier alpha value is -1.14. The Balaban J connectivity index is 2.18. The van der Waals surface area contributed by atoms with E-state index in [0.717, 1.165) is 4.90 Å². The summed E-state index contributed by atoms with van der Waals surface area (Å²) in [5.41, 5.74) is 0. The van der Waals surface area contributed by atoms with E-state index in [1.807, 2.05) is 0 Å². The molecule has 1 rings (SSSR count). The topological polar surface area (TPSA) is 65.1 Å². The summed E-state index contributed by atoms with van der Waals surface area (Å²) >= 11 is 0. The average molecular weight is 203 g/mol. The number of amides is 2. The second kappa shape index (κ2) is 5.56. The maximum absolute atomic E-state index is 11.3. The lowest BCUT2D eigenvalue weighted by molar-refractivity contribution is -0.133. The number of cyclic esters (lactones) is 1. The predicted octanol–water partition coefficient (Wildman–Crippen LogP) is -0.372. The molecule has 0 spiro atoms. The molecule has 14 heavy (non-hydrogen) atoms. The van der Waals surface area contributed by atoms with Crippen LogP contribution in [0.1, 0.15) is 0 Å². The van der Waals surface area contributed by atoms with E-state index in [9.17, 15) is 9.59 Å². The number of ether oxygens (including phenoxy) is 3. The highest BCUT2D eigenvalue weighted by molar-refractivity contribution is 5.93. The van der Waals surface area contributed by atoms with Crippen LogP contribution in [0.5, 0.6) is 0 Å². The van der Waals surface area contributed by atoms with E-state index in [2.05, 4.69) is 4.74 Å². The average Bonchev–Trinajstić information content (AvgIpc) is 2.59. The van der Waals surface area contributed by atoms with Crippen molar-refractivity contribution in [2.75, 3.05) is 40.1 Å². The van der Waals surface area contributed by atoms with Gasteiger partial charge in [-0.1, -0.05) is 0 Å². The quantitative estimate of drug-likeness (QED) is 0.570. The monoisotopic (exact) mass is 203 g/mol. The maximum atomic E-state index is 11.3. The van der Waals surface area contributed by atoms with Gasteiger partial charge in [-0.25, -0.2) is 9.69 Å². The SMILES string of the molecule is COCCOCC(=O)N1CCOC1=O. The molecule has 0 N–H and O–H groups in total. The molecule has 1 aliphatic rings. The second-order valence-corrected chi connectivity index (χ2v) is 2.71. The summed E-state index contributed by atoms with van der Waals surface area (Å²) in [5.74, 6) is -0.372. The lowest BCUT2D eigenvalue weighted by Gasteiger charge is -2.10. The molecule has 6 heteroatoms. The minimum Gasteiger partial charge on any atom is -0.447 e. The zero-order valence-corrected chi connectivity index (χ0v) is 8.02. The van der Waals surface area contributed by atoms with E-state index < -0.39 is 6.09 Å². The van der Waals surface area contributed by atoms with E-state index in [4.69, 9.17) is 9.47 Å². The molecule has 0 aromatic rings. The summed E-state index contributed by atoms with van der Waals surface area (Å²) in [6.45, 7) is 1.23. The van der Waals surface area contributed by atoms with Crippen LogP contribution in [0.3, 0.4) is 0 Å². The summed E-state index contributed by atoms with van der Waals surface area (Å²) in [6, 6.07) is 0. The number of imide groups is 1. The first-order valence-corrected chi connectivity index (χ1v) is 4.29. The van der Waals surface area contributed by atoms with Crippen molar-refractivity contribution in [3.63, 3.8) is 0 Å². The smallest absolute Gasteiger partial charge is 0.416 e. The third kappa shape index (κ3) is 2.97. The molecule has 1 fully saturated rings. The largest absolute Gasteiger partial charge is 0.447 e. The van der Waals surface area contributed by atoms with Gasteiger partial charge < -0.3 is 14.2 Å². The van der Waals surface area contributed by atoms with Crippen LogP contribution in [0, 0.1) is 0 Å². The van der Waals surface area contributed by atoms with Gasteiger partial charge in [0, 0.05) is 7.11 Å². The summed E-state index contributed by atoms with van der Waals surface area (Å²) in [6.07, 6.45) is -0.592. The third-order valence-electron chi connectivity index (χ3n) is 1.72. The fourth-order valence-corrected chi connectivity index (χ4v) is 1.000. The van der Waals surface area contributed by atoms with E-state index in [0.29, 0.717) is 19.8 Å². The number of nitrogens with zero attached hydrogens (tertiary/aromatic N) is 1. The molecule has 0 radical (unpaired) electrons. The number of rotatable bonds is 5. The summed E-state index contributed by atoms with van der Waals surface area (Å²) < 4.78 is 14.3. The molecule has 80 valence electrons. The van der Waals surface area contributed by atoms with Gasteiger partial charge in [0.25, 0.3) is 5.91 Å². The molecule has 0 aliphatic carbocycles. The van der Waals surface area contributed by atoms with Crippen LogP contribution < -0.4 is 0 Å². The van der Waals surface area contributed by atoms with Gasteiger partial charge in [0.1, 0.15) is 13.2 Å². The van der Waals surface area contributed by atoms with E-state index in [-0.39, 0.29) is 19.1 Å². The van der Waals surface area contributed by atoms with Gasteiger partial charge in [-0.05, 0) is 0 Å². The fraction of sp³-hybridized carbons (Fsp3) is 0.750. The molecule has 0 bridgehead atoms. The first-order valence-electron chi connectivity index (χ1n) is 4.29. The Bertz CT molecular complexity index is 218. The molecule has 1 saturated heterocycles. The van der Waals surface area contributed by atoms with Crippen LogP contribution in [0.2, 0.25) is 0 Å². The van der Waals surface area contributed by atoms with Crippen LogP contribution in [0.4, 0.5) is 4.79 Å². The molecule has 1 aliphatic heterocycles. The first kappa shape index (κ1) is 10.9. The number of hydrogen-bond acceptors (Lipinski definition) is 5. The molecule has 2 amide bonds. The number of carbonyl (C=O) groups excluding carboxylic acids is 2. The number of carbonyl (C=O) groups is 2. The zero-order chi connectivity index (χ0) is 10.4. The van der Waals surface area contributed by atoms with Crippen LogP contribution in [0.15, 0.2) is 0 Å². The molecule has 0 unspecified atom stereocenters. The van der Waals surface area contributed by atoms with Gasteiger partial charge in [0.05, 0.1) is 19.8 Å². The standard InChI is InChI=1S/C8H13NO5/c1-12-4-5-13-6-7(10)9-2-3-14-8(9)11/h2-6H2,1H3. The van der Waals surface area contributed by atoms with Crippen LogP contribution in [0.25, 0.3) is 0 Å². The summed E-state index contributed by atoms with van der Waals surface area (Å²) in [5, 5.41) is 0. The van der Waals surface area contributed by atoms with Crippen molar-refractivity contribution in [2.45, 2.75) is 0 Å². The van der Waals surface area contributed by atoms with Gasteiger partial charge in [-0.3, -0.25) is 4.79 Å². The maximum Gasteiger partial charge on any atom is 0.416 e. The molecule has 0 saturated carbocycles. The minimum absolute atomic E-state index is 0.113. The van der Waals surface area contributed by atoms with Crippen molar-refractivity contribution < 1.29 is 23.8 Å². The van der Waals surface area contributed by atoms with Gasteiger partial charge in [-0.15, -0.1) is 0 Å². The minimum atomic E-state index is -0.592. The highest BCUT2D eigenvalue weighted by Gasteiger charge is 2.27. The summed E-state index contributed by atoms with van der Waals surface area (Å²) in [7, 11) is 1.54. The normalized spacial score (nSPS) is 15.8. The van der Waals surface area contributed by atoms with Crippen molar-refractivity contribution in [3.05, 3.63) is 0 Å². The predicted molar refractivity (Wildman–Crippen MR) is 45.8 cm³/mol. The van der Waals surface area contributed by atoms with Gasteiger partial charge >= 0.3 is 6.09 Å². The van der Waals surface area contributed by atoms with Crippen LogP contribution in [-0.4, -0.2) is 57.0 Å². The molecule has 0 aromatic heterocycles. The molecule has 6 nitrogen and oxygen atoms in total. The lowest BCUT2D eigenvalue weighted by Crippen LogP contribution is -2.34.